The van der Waals surface area contributed by atoms with E-state index in [0.29, 0.717) is 5.92 Å². The zero-order valence-corrected chi connectivity index (χ0v) is 14.3. The summed E-state index contributed by atoms with van der Waals surface area (Å²) in [5, 5.41) is 10.7. The topological polar surface area (TPSA) is 50.8 Å². The van der Waals surface area contributed by atoms with Crippen LogP contribution in [0.5, 0.6) is 5.75 Å². The van der Waals surface area contributed by atoms with E-state index in [1.54, 1.807) is 6.20 Å². The lowest BCUT2D eigenvalue weighted by Gasteiger charge is -2.25. The minimum atomic E-state index is 0.0622. The lowest BCUT2D eigenvalue weighted by atomic mass is 9.83. The number of hydrogen-bond donors (Lipinski definition) is 1. The van der Waals surface area contributed by atoms with Crippen LogP contribution >= 0.6 is 0 Å². The number of benzene rings is 1. The van der Waals surface area contributed by atoms with Crippen molar-refractivity contribution >= 4 is 0 Å². The molecule has 4 nitrogen and oxygen atoms in total. The van der Waals surface area contributed by atoms with Crippen molar-refractivity contribution in [3.8, 4) is 5.75 Å². The maximum Gasteiger partial charge on any atom is 0.123 e. The van der Waals surface area contributed by atoms with Gasteiger partial charge in [-0.25, -0.2) is 0 Å². The molecule has 0 aliphatic rings. The molecule has 22 heavy (non-hydrogen) atoms. The van der Waals surface area contributed by atoms with E-state index in [0.717, 1.165) is 30.9 Å². The summed E-state index contributed by atoms with van der Waals surface area (Å²) in [6.45, 7) is 11.8. The summed E-state index contributed by atoms with van der Waals surface area (Å²) in [6.07, 6.45) is 3.70. The van der Waals surface area contributed by atoms with Crippen molar-refractivity contribution in [2.75, 3.05) is 6.61 Å². The van der Waals surface area contributed by atoms with Gasteiger partial charge in [0.2, 0.25) is 0 Å². The number of aromatic nitrogens is 3. The van der Waals surface area contributed by atoms with E-state index >= 15 is 0 Å². The summed E-state index contributed by atoms with van der Waals surface area (Å²) in [5.41, 5.74) is 3.64. The highest BCUT2D eigenvalue weighted by molar-refractivity contribution is 5.42. The first-order chi connectivity index (χ1) is 10.4. The van der Waals surface area contributed by atoms with Gasteiger partial charge < -0.3 is 4.74 Å². The van der Waals surface area contributed by atoms with Crippen LogP contribution in [0.3, 0.4) is 0 Å². The first kappa shape index (κ1) is 16.5. The third kappa shape index (κ3) is 4.09. The predicted molar refractivity (Wildman–Crippen MR) is 89.4 cm³/mol. The molecule has 0 spiro atoms. The maximum atomic E-state index is 5.93. The van der Waals surface area contributed by atoms with Gasteiger partial charge in [-0.2, -0.15) is 15.4 Å². The quantitative estimate of drug-likeness (QED) is 0.868. The van der Waals surface area contributed by atoms with Crippen LogP contribution in [-0.4, -0.2) is 22.0 Å². The molecule has 0 saturated carbocycles. The smallest absolute Gasteiger partial charge is 0.123 e. The first-order valence-electron chi connectivity index (χ1n) is 8.03. The molecule has 1 aromatic carbocycles. The van der Waals surface area contributed by atoms with Crippen molar-refractivity contribution in [3.63, 3.8) is 0 Å². The number of hydrogen-bond acceptors (Lipinski definition) is 3. The molecule has 1 unspecified atom stereocenters. The third-order valence-corrected chi connectivity index (χ3v) is 3.82. The van der Waals surface area contributed by atoms with Crippen LogP contribution in [0.2, 0.25) is 0 Å². The second kappa shape index (κ2) is 6.95. The molecule has 0 bridgehead atoms. The summed E-state index contributed by atoms with van der Waals surface area (Å²) in [6, 6.07) is 6.57. The van der Waals surface area contributed by atoms with Gasteiger partial charge in [0.05, 0.1) is 18.5 Å². The minimum Gasteiger partial charge on any atom is -0.493 e. The molecule has 0 amide bonds. The molecule has 0 aliphatic carbocycles. The number of nitrogens with zero attached hydrogens (tertiary/aromatic N) is 2. The number of aromatic amines is 1. The zero-order valence-electron chi connectivity index (χ0n) is 14.3. The third-order valence-electron chi connectivity index (χ3n) is 3.82. The number of rotatable bonds is 6. The summed E-state index contributed by atoms with van der Waals surface area (Å²) in [5.74, 6) is 1.40. The molecular weight excluding hydrogens is 274 g/mol. The Balaban J connectivity index is 2.25. The minimum absolute atomic E-state index is 0.0622. The monoisotopic (exact) mass is 301 g/mol. The Bertz CT molecular complexity index is 585. The fraction of sp³-hybridized carbons (Fsp3) is 0.556. The van der Waals surface area contributed by atoms with Crippen molar-refractivity contribution in [2.45, 2.75) is 58.8 Å². The molecule has 1 atom stereocenters. The van der Waals surface area contributed by atoms with Crippen molar-refractivity contribution in [2.24, 2.45) is 0 Å². The highest BCUT2D eigenvalue weighted by Crippen LogP contribution is 2.34. The van der Waals surface area contributed by atoms with E-state index in [2.05, 4.69) is 68.2 Å². The van der Waals surface area contributed by atoms with Crippen LogP contribution in [0, 0.1) is 0 Å². The lowest BCUT2D eigenvalue weighted by molar-refractivity contribution is 0.308. The van der Waals surface area contributed by atoms with Gasteiger partial charge in [-0.1, -0.05) is 46.8 Å². The molecule has 2 rings (SSSR count). The van der Waals surface area contributed by atoms with Gasteiger partial charge in [-0.05, 0) is 41.4 Å². The van der Waals surface area contributed by atoms with E-state index in [1.807, 2.05) is 0 Å². The second-order valence-electron chi connectivity index (χ2n) is 6.92. The molecule has 1 aromatic heterocycles. The van der Waals surface area contributed by atoms with Gasteiger partial charge in [0, 0.05) is 0 Å². The summed E-state index contributed by atoms with van der Waals surface area (Å²) < 4.78 is 5.93. The highest BCUT2D eigenvalue weighted by atomic mass is 16.5. The van der Waals surface area contributed by atoms with E-state index < -0.39 is 0 Å². The van der Waals surface area contributed by atoms with Gasteiger partial charge in [-0.3, -0.25) is 0 Å². The number of ether oxygens (including phenoxy) is 1. The van der Waals surface area contributed by atoms with Crippen LogP contribution in [0.15, 0.2) is 24.4 Å². The Labute approximate surface area is 133 Å². The Kier molecular flexibility index (Phi) is 5.22. The van der Waals surface area contributed by atoms with Gasteiger partial charge in [0.25, 0.3) is 0 Å². The zero-order chi connectivity index (χ0) is 16.2. The number of nitrogens with one attached hydrogen (secondary N) is 1. The molecular formula is C18H27N3O. The standard InChI is InChI=1S/C18H27N3O/c1-6-9-22-17-8-7-14(11-16(17)18(3,4)5)13(2)10-15-12-19-21-20-15/h7-8,11-13H,6,9-10H2,1-5H3,(H,19,20,21). The SMILES string of the molecule is CCCOc1ccc(C(C)Cc2cn[nH]n2)cc1C(C)(C)C. The van der Waals surface area contributed by atoms with E-state index in [-0.39, 0.29) is 5.41 Å². The van der Waals surface area contributed by atoms with E-state index in [1.165, 1.54) is 11.1 Å². The Morgan fingerprint density at radius 3 is 2.64 bits per heavy atom. The van der Waals surface area contributed by atoms with Gasteiger partial charge in [0.15, 0.2) is 0 Å². The number of H-pyrrole nitrogens is 1. The van der Waals surface area contributed by atoms with E-state index in [4.69, 9.17) is 4.74 Å². The first-order valence-corrected chi connectivity index (χ1v) is 8.03. The summed E-state index contributed by atoms with van der Waals surface area (Å²) >= 11 is 0. The molecule has 1 N–H and O–H groups in total. The summed E-state index contributed by atoms with van der Waals surface area (Å²) in [4.78, 5) is 0. The van der Waals surface area contributed by atoms with Crippen LogP contribution in [0.1, 0.15) is 63.8 Å². The Morgan fingerprint density at radius 2 is 2.05 bits per heavy atom. The summed E-state index contributed by atoms with van der Waals surface area (Å²) in [7, 11) is 0. The van der Waals surface area contributed by atoms with E-state index in [9.17, 15) is 0 Å². The normalized spacial score (nSPS) is 13.1. The average molecular weight is 301 g/mol. The fourth-order valence-electron chi connectivity index (χ4n) is 2.53. The molecule has 2 aromatic rings. The van der Waals surface area contributed by atoms with Crippen LogP contribution in [-0.2, 0) is 11.8 Å². The van der Waals surface area contributed by atoms with Gasteiger partial charge in [-0.15, -0.1) is 0 Å². The van der Waals surface area contributed by atoms with Crippen LogP contribution in [0.4, 0.5) is 0 Å². The molecule has 0 aliphatic heterocycles. The Hall–Kier alpha value is -1.84. The van der Waals surface area contributed by atoms with Crippen LogP contribution < -0.4 is 4.74 Å². The second-order valence-corrected chi connectivity index (χ2v) is 6.92. The average Bonchev–Trinajstić information content (AvgIpc) is 2.96. The molecule has 1 heterocycles. The fourth-order valence-corrected chi connectivity index (χ4v) is 2.53. The predicted octanol–water partition coefficient (Wildman–Crippen LogP) is 4.24. The Morgan fingerprint density at radius 1 is 1.27 bits per heavy atom. The lowest BCUT2D eigenvalue weighted by Crippen LogP contribution is -2.15. The maximum absolute atomic E-state index is 5.93. The van der Waals surface area contributed by atoms with Crippen molar-refractivity contribution in [3.05, 3.63) is 41.2 Å². The van der Waals surface area contributed by atoms with Crippen molar-refractivity contribution in [1.29, 1.82) is 0 Å². The van der Waals surface area contributed by atoms with Crippen molar-refractivity contribution in [1.82, 2.24) is 15.4 Å². The molecule has 0 saturated heterocycles. The van der Waals surface area contributed by atoms with Gasteiger partial charge >= 0.3 is 0 Å². The largest absolute Gasteiger partial charge is 0.493 e. The van der Waals surface area contributed by atoms with Crippen LogP contribution in [0.25, 0.3) is 0 Å². The molecule has 4 heteroatoms. The van der Waals surface area contributed by atoms with Crippen molar-refractivity contribution < 1.29 is 4.74 Å². The van der Waals surface area contributed by atoms with Gasteiger partial charge in [0.1, 0.15) is 5.75 Å². The molecule has 120 valence electrons. The molecule has 0 fully saturated rings. The molecule has 0 radical (unpaired) electrons. The highest BCUT2D eigenvalue weighted by Gasteiger charge is 2.21.